The fraction of sp³-hybridized carbons (Fsp3) is 0.0714. The van der Waals surface area contributed by atoms with Crippen LogP contribution in [0.1, 0.15) is 15.9 Å². The van der Waals surface area contributed by atoms with Gasteiger partial charge in [-0.1, -0.05) is 22.0 Å². The lowest BCUT2D eigenvalue weighted by atomic mass is 10.1. The molecule has 0 aliphatic heterocycles. The van der Waals surface area contributed by atoms with E-state index in [9.17, 15) is 4.79 Å². The quantitative estimate of drug-likeness (QED) is 0.554. The minimum absolute atomic E-state index is 0.204. The van der Waals surface area contributed by atoms with Crippen molar-refractivity contribution in [2.45, 2.75) is 6.92 Å². The Morgan fingerprint density at radius 2 is 2.00 bits per heavy atom. The van der Waals surface area contributed by atoms with Crippen LogP contribution in [-0.2, 0) is 0 Å². The molecule has 0 saturated carbocycles. The first-order valence-corrected chi connectivity index (χ1v) is 7.47. The van der Waals surface area contributed by atoms with Gasteiger partial charge >= 0.3 is 0 Å². The zero-order chi connectivity index (χ0) is 14.0. The van der Waals surface area contributed by atoms with Gasteiger partial charge < -0.3 is 11.1 Å². The van der Waals surface area contributed by atoms with E-state index in [1.165, 1.54) is 5.56 Å². The molecule has 0 aliphatic rings. The first-order valence-electron chi connectivity index (χ1n) is 5.60. The Labute approximate surface area is 133 Å². The van der Waals surface area contributed by atoms with Gasteiger partial charge in [-0.3, -0.25) is 4.79 Å². The number of amides is 1. The van der Waals surface area contributed by atoms with Crippen LogP contribution >= 0.6 is 38.5 Å². The van der Waals surface area contributed by atoms with Gasteiger partial charge in [-0.2, -0.15) is 0 Å². The third kappa shape index (κ3) is 3.48. The summed E-state index contributed by atoms with van der Waals surface area (Å²) in [5.74, 6) is -0.204. The van der Waals surface area contributed by atoms with Crippen LogP contribution in [-0.4, -0.2) is 5.91 Å². The van der Waals surface area contributed by atoms with Crippen molar-refractivity contribution in [1.82, 2.24) is 0 Å². The molecule has 0 saturated heterocycles. The molecule has 0 radical (unpaired) electrons. The van der Waals surface area contributed by atoms with Crippen LogP contribution in [0.25, 0.3) is 0 Å². The summed E-state index contributed by atoms with van der Waals surface area (Å²) >= 11 is 5.56. The predicted molar refractivity (Wildman–Crippen MR) is 90.4 cm³/mol. The van der Waals surface area contributed by atoms with Gasteiger partial charge in [0.1, 0.15) is 0 Å². The van der Waals surface area contributed by atoms with E-state index < -0.39 is 0 Å². The second kappa shape index (κ2) is 5.92. The fourth-order valence-corrected chi connectivity index (χ4v) is 2.50. The van der Waals surface area contributed by atoms with Gasteiger partial charge in [0.05, 0.1) is 5.56 Å². The summed E-state index contributed by atoms with van der Waals surface area (Å²) in [6, 6.07) is 11.0. The number of hydrogen-bond donors (Lipinski definition) is 2. The van der Waals surface area contributed by atoms with Crippen LogP contribution in [0.3, 0.4) is 0 Å². The number of nitrogen functional groups attached to an aromatic ring is 1. The molecule has 2 rings (SSSR count). The standard InChI is InChI=1S/C14H12BrIN2O/c1-8-2-4-10(7-12(8)16)18-14(19)11-5-3-9(15)6-13(11)17/h2-7H,17H2,1H3,(H,18,19). The van der Waals surface area contributed by atoms with Crippen molar-refractivity contribution in [3.8, 4) is 0 Å². The Kier molecular flexibility index (Phi) is 4.46. The summed E-state index contributed by atoms with van der Waals surface area (Å²) in [4.78, 5) is 12.1. The number of rotatable bonds is 2. The van der Waals surface area contributed by atoms with E-state index in [0.29, 0.717) is 11.3 Å². The van der Waals surface area contributed by atoms with Crippen LogP contribution in [0.2, 0.25) is 0 Å². The molecule has 19 heavy (non-hydrogen) atoms. The van der Waals surface area contributed by atoms with E-state index in [1.807, 2.05) is 25.1 Å². The highest BCUT2D eigenvalue weighted by Gasteiger charge is 2.10. The number of anilines is 2. The highest BCUT2D eigenvalue weighted by atomic mass is 127. The topological polar surface area (TPSA) is 55.1 Å². The summed E-state index contributed by atoms with van der Waals surface area (Å²) < 4.78 is 1.96. The molecule has 3 N–H and O–H groups in total. The lowest BCUT2D eigenvalue weighted by Crippen LogP contribution is -2.14. The molecule has 98 valence electrons. The minimum Gasteiger partial charge on any atom is -0.398 e. The maximum Gasteiger partial charge on any atom is 0.257 e. The molecule has 0 spiro atoms. The maximum absolute atomic E-state index is 12.1. The number of nitrogens with two attached hydrogens (primary N) is 1. The average molecular weight is 431 g/mol. The summed E-state index contributed by atoms with van der Waals surface area (Å²) in [7, 11) is 0. The Bertz CT molecular complexity index is 643. The molecule has 0 unspecified atom stereocenters. The number of aryl methyl sites for hydroxylation is 1. The Morgan fingerprint density at radius 1 is 1.26 bits per heavy atom. The van der Waals surface area contributed by atoms with Gasteiger partial charge in [0, 0.05) is 19.4 Å². The number of carbonyl (C=O) groups excluding carboxylic acids is 1. The number of benzene rings is 2. The van der Waals surface area contributed by atoms with Crippen LogP contribution in [0.15, 0.2) is 40.9 Å². The average Bonchev–Trinajstić information content (AvgIpc) is 2.33. The highest BCUT2D eigenvalue weighted by molar-refractivity contribution is 14.1. The van der Waals surface area contributed by atoms with E-state index in [1.54, 1.807) is 18.2 Å². The summed E-state index contributed by atoms with van der Waals surface area (Å²) in [6.45, 7) is 2.03. The Balaban J connectivity index is 2.23. The molecule has 3 nitrogen and oxygen atoms in total. The van der Waals surface area contributed by atoms with E-state index in [2.05, 4.69) is 43.8 Å². The number of nitrogens with one attached hydrogen (secondary N) is 1. The molecule has 0 heterocycles. The molecule has 0 fully saturated rings. The summed E-state index contributed by atoms with van der Waals surface area (Å²) in [5.41, 5.74) is 8.71. The molecule has 0 aromatic heterocycles. The minimum atomic E-state index is -0.204. The van der Waals surface area contributed by atoms with Crippen LogP contribution in [0, 0.1) is 10.5 Å². The van der Waals surface area contributed by atoms with E-state index >= 15 is 0 Å². The molecule has 0 aliphatic carbocycles. The van der Waals surface area contributed by atoms with Crippen LogP contribution < -0.4 is 11.1 Å². The molecule has 0 bridgehead atoms. The molecular formula is C14H12BrIN2O. The van der Waals surface area contributed by atoms with Crippen molar-refractivity contribution in [2.75, 3.05) is 11.1 Å². The van der Waals surface area contributed by atoms with Crippen molar-refractivity contribution in [1.29, 1.82) is 0 Å². The van der Waals surface area contributed by atoms with Gasteiger partial charge in [0.2, 0.25) is 0 Å². The first kappa shape index (κ1) is 14.3. The molecule has 2 aromatic rings. The van der Waals surface area contributed by atoms with Gasteiger partial charge in [-0.15, -0.1) is 0 Å². The summed E-state index contributed by atoms with van der Waals surface area (Å²) in [5, 5.41) is 2.85. The van der Waals surface area contributed by atoms with E-state index in [4.69, 9.17) is 5.73 Å². The first-order chi connectivity index (χ1) is 8.97. The monoisotopic (exact) mass is 430 g/mol. The van der Waals surface area contributed by atoms with Gasteiger partial charge in [0.25, 0.3) is 5.91 Å². The van der Waals surface area contributed by atoms with E-state index in [0.717, 1.165) is 13.7 Å². The number of halogens is 2. The van der Waals surface area contributed by atoms with Crippen molar-refractivity contribution >= 4 is 55.8 Å². The molecule has 5 heteroatoms. The number of carbonyl (C=O) groups is 1. The van der Waals surface area contributed by atoms with Gasteiger partial charge in [-0.25, -0.2) is 0 Å². The van der Waals surface area contributed by atoms with Crippen LogP contribution in [0.5, 0.6) is 0 Å². The third-order valence-corrected chi connectivity index (χ3v) is 4.34. The molecule has 0 atom stereocenters. The zero-order valence-electron chi connectivity index (χ0n) is 10.2. The van der Waals surface area contributed by atoms with Gasteiger partial charge in [0.15, 0.2) is 0 Å². The molecule has 1 amide bonds. The highest BCUT2D eigenvalue weighted by Crippen LogP contribution is 2.21. The fourth-order valence-electron chi connectivity index (χ4n) is 1.61. The lowest BCUT2D eigenvalue weighted by molar-refractivity contribution is 0.102. The van der Waals surface area contributed by atoms with Gasteiger partial charge in [-0.05, 0) is 65.4 Å². The molecular weight excluding hydrogens is 419 g/mol. The van der Waals surface area contributed by atoms with Crippen molar-refractivity contribution in [2.24, 2.45) is 0 Å². The smallest absolute Gasteiger partial charge is 0.257 e. The number of hydrogen-bond acceptors (Lipinski definition) is 2. The summed E-state index contributed by atoms with van der Waals surface area (Å²) in [6.07, 6.45) is 0. The normalized spacial score (nSPS) is 10.3. The second-order valence-electron chi connectivity index (χ2n) is 4.15. The molecule has 2 aromatic carbocycles. The van der Waals surface area contributed by atoms with E-state index in [-0.39, 0.29) is 5.91 Å². The lowest BCUT2D eigenvalue weighted by Gasteiger charge is -2.09. The van der Waals surface area contributed by atoms with Crippen molar-refractivity contribution in [3.63, 3.8) is 0 Å². The Hall–Kier alpha value is -1.08. The van der Waals surface area contributed by atoms with Crippen molar-refractivity contribution in [3.05, 3.63) is 55.6 Å². The zero-order valence-corrected chi connectivity index (χ0v) is 13.9. The largest absolute Gasteiger partial charge is 0.398 e. The Morgan fingerprint density at radius 3 is 2.63 bits per heavy atom. The second-order valence-corrected chi connectivity index (χ2v) is 6.23. The van der Waals surface area contributed by atoms with Crippen molar-refractivity contribution < 1.29 is 4.79 Å². The SMILES string of the molecule is Cc1ccc(NC(=O)c2ccc(Br)cc2N)cc1I. The van der Waals surface area contributed by atoms with Crippen LogP contribution in [0.4, 0.5) is 11.4 Å². The predicted octanol–water partition coefficient (Wildman–Crippen LogP) is 4.20. The third-order valence-electron chi connectivity index (χ3n) is 2.69. The maximum atomic E-state index is 12.1.